The maximum Gasteiger partial charge on any atom is 0.337 e. The molecule has 0 fully saturated rings. The predicted molar refractivity (Wildman–Crippen MR) is 75.1 cm³/mol. The molecule has 0 saturated heterocycles. The first-order chi connectivity index (χ1) is 8.14. The smallest absolute Gasteiger partial charge is 0.337 e. The van der Waals surface area contributed by atoms with Gasteiger partial charge in [0.05, 0.1) is 5.56 Å². The number of carboxylic acid groups (broad SMARTS) is 1. The van der Waals surface area contributed by atoms with Crippen LogP contribution in [0.4, 0.5) is 11.4 Å². The minimum absolute atomic E-state index is 0.111. The van der Waals surface area contributed by atoms with Gasteiger partial charge in [0.1, 0.15) is 0 Å². The maximum atomic E-state index is 11.1. The fraction of sp³-hybridized carbons (Fsp3) is 0.500. The number of anilines is 2. The second-order valence-electron chi connectivity index (χ2n) is 5.73. The van der Waals surface area contributed by atoms with Gasteiger partial charge in [-0.1, -0.05) is 20.8 Å². The zero-order valence-electron chi connectivity index (χ0n) is 11.7. The molecule has 3 N–H and O–H groups in total. The van der Waals surface area contributed by atoms with Crippen molar-refractivity contribution < 1.29 is 9.90 Å². The molecule has 0 radical (unpaired) electrons. The number of aromatic carboxylic acids is 1. The molecule has 0 spiro atoms. The lowest BCUT2D eigenvalue weighted by Crippen LogP contribution is -2.39. The first-order valence-corrected chi connectivity index (χ1v) is 6.00. The maximum absolute atomic E-state index is 11.1. The highest BCUT2D eigenvalue weighted by molar-refractivity contribution is 5.94. The third-order valence-corrected chi connectivity index (χ3v) is 3.51. The highest BCUT2D eigenvalue weighted by Gasteiger charge is 2.24. The van der Waals surface area contributed by atoms with Gasteiger partial charge >= 0.3 is 5.97 Å². The Hall–Kier alpha value is -1.71. The van der Waals surface area contributed by atoms with Gasteiger partial charge in [0.2, 0.25) is 0 Å². The van der Waals surface area contributed by atoms with Gasteiger partial charge in [-0.15, -0.1) is 0 Å². The van der Waals surface area contributed by atoms with E-state index in [4.69, 9.17) is 10.8 Å². The largest absolute Gasteiger partial charge is 0.478 e. The molecule has 4 nitrogen and oxygen atoms in total. The molecule has 0 aromatic heterocycles. The number of nitrogens with zero attached hydrogens (tertiary/aromatic N) is 1. The Bertz CT molecular complexity index is 450. The van der Waals surface area contributed by atoms with Crippen LogP contribution < -0.4 is 10.6 Å². The van der Waals surface area contributed by atoms with E-state index >= 15 is 0 Å². The number of carbonyl (C=O) groups is 1. The standard InChI is InChI=1S/C14H22N2O2/c1-9(14(2,3)4)16(5)10-6-7-12(15)11(8-10)13(17)18/h6-9H,15H2,1-5H3,(H,17,18). The quantitative estimate of drug-likeness (QED) is 0.809. The summed E-state index contributed by atoms with van der Waals surface area (Å²) in [6, 6.07) is 5.40. The molecule has 1 aromatic carbocycles. The number of benzene rings is 1. The highest BCUT2D eigenvalue weighted by atomic mass is 16.4. The van der Waals surface area contributed by atoms with Gasteiger partial charge in [-0.2, -0.15) is 0 Å². The molecule has 0 heterocycles. The minimum Gasteiger partial charge on any atom is -0.478 e. The summed E-state index contributed by atoms with van der Waals surface area (Å²) in [4.78, 5) is 13.1. The molecule has 1 aromatic rings. The van der Waals surface area contributed by atoms with E-state index in [2.05, 4.69) is 32.6 Å². The van der Waals surface area contributed by atoms with Crippen LogP contribution in [0.1, 0.15) is 38.1 Å². The van der Waals surface area contributed by atoms with E-state index in [0.29, 0.717) is 5.69 Å². The molecular weight excluding hydrogens is 228 g/mol. The van der Waals surface area contributed by atoms with Gasteiger partial charge in [0.15, 0.2) is 0 Å². The van der Waals surface area contributed by atoms with Gasteiger partial charge < -0.3 is 15.7 Å². The lowest BCUT2D eigenvalue weighted by molar-refractivity contribution is 0.0698. The third-order valence-electron chi connectivity index (χ3n) is 3.51. The Kier molecular flexibility index (Phi) is 3.89. The molecule has 1 unspecified atom stereocenters. The molecular formula is C14H22N2O2. The Balaban J connectivity index is 3.11. The van der Waals surface area contributed by atoms with Crippen molar-refractivity contribution in [2.45, 2.75) is 33.7 Å². The van der Waals surface area contributed by atoms with Crippen molar-refractivity contribution in [1.82, 2.24) is 0 Å². The van der Waals surface area contributed by atoms with Crippen LogP contribution in [0.3, 0.4) is 0 Å². The van der Waals surface area contributed by atoms with Crippen LogP contribution in [0.2, 0.25) is 0 Å². The van der Waals surface area contributed by atoms with E-state index in [1.54, 1.807) is 12.1 Å². The van der Waals surface area contributed by atoms with Crippen molar-refractivity contribution in [2.24, 2.45) is 5.41 Å². The van der Waals surface area contributed by atoms with Gasteiger partial charge in [-0.3, -0.25) is 0 Å². The van der Waals surface area contributed by atoms with Crippen LogP contribution in [-0.2, 0) is 0 Å². The van der Waals surface area contributed by atoms with Gasteiger partial charge in [-0.05, 0) is 30.5 Å². The van der Waals surface area contributed by atoms with E-state index in [-0.39, 0.29) is 17.0 Å². The summed E-state index contributed by atoms with van der Waals surface area (Å²) in [5.41, 5.74) is 7.08. The molecule has 0 saturated carbocycles. The van der Waals surface area contributed by atoms with E-state index in [0.717, 1.165) is 5.69 Å². The summed E-state index contributed by atoms with van der Waals surface area (Å²) in [5.74, 6) is -0.994. The molecule has 0 aliphatic carbocycles. The van der Waals surface area contributed by atoms with E-state index in [1.165, 1.54) is 0 Å². The first-order valence-electron chi connectivity index (χ1n) is 6.00. The Morgan fingerprint density at radius 3 is 2.39 bits per heavy atom. The zero-order chi connectivity index (χ0) is 14.1. The molecule has 0 amide bonds. The Morgan fingerprint density at radius 1 is 1.39 bits per heavy atom. The van der Waals surface area contributed by atoms with Crippen LogP contribution in [0, 0.1) is 5.41 Å². The average Bonchev–Trinajstić information content (AvgIpc) is 2.26. The Labute approximate surface area is 108 Å². The van der Waals surface area contributed by atoms with E-state index in [1.807, 2.05) is 13.1 Å². The lowest BCUT2D eigenvalue weighted by Gasteiger charge is -2.37. The van der Waals surface area contributed by atoms with Gasteiger partial charge in [0, 0.05) is 24.5 Å². The molecule has 0 bridgehead atoms. The molecule has 4 heteroatoms. The minimum atomic E-state index is -0.994. The van der Waals surface area contributed by atoms with Crippen LogP contribution in [0.25, 0.3) is 0 Å². The summed E-state index contributed by atoms with van der Waals surface area (Å²) < 4.78 is 0. The fourth-order valence-corrected chi connectivity index (χ4v) is 1.75. The Morgan fingerprint density at radius 2 is 1.94 bits per heavy atom. The molecule has 1 rings (SSSR count). The molecule has 0 aliphatic rings. The summed E-state index contributed by atoms with van der Waals surface area (Å²) in [5, 5.41) is 9.07. The van der Waals surface area contributed by atoms with Crippen molar-refractivity contribution in [1.29, 1.82) is 0 Å². The van der Waals surface area contributed by atoms with Crippen LogP contribution in [-0.4, -0.2) is 24.2 Å². The molecule has 0 aliphatic heterocycles. The summed E-state index contributed by atoms with van der Waals surface area (Å²) in [6.45, 7) is 8.59. The highest BCUT2D eigenvalue weighted by Crippen LogP contribution is 2.29. The topological polar surface area (TPSA) is 66.6 Å². The summed E-state index contributed by atoms with van der Waals surface area (Å²) >= 11 is 0. The SMILES string of the molecule is CC(N(C)c1ccc(N)c(C(=O)O)c1)C(C)(C)C. The monoisotopic (exact) mass is 250 g/mol. The van der Waals surface area contributed by atoms with E-state index < -0.39 is 5.97 Å². The number of carboxylic acids is 1. The number of rotatable bonds is 3. The third kappa shape index (κ3) is 2.94. The zero-order valence-corrected chi connectivity index (χ0v) is 11.7. The van der Waals surface area contributed by atoms with Crippen molar-refractivity contribution in [2.75, 3.05) is 17.7 Å². The van der Waals surface area contributed by atoms with Crippen LogP contribution >= 0.6 is 0 Å². The van der Waals surface area contributed by atoms with Crippen molar-refractivity contribution in [3.8, 4) is 0 Å². The number of hydrogen-bond donors (Lipinski definition) is 2. The second-order valence-corrected chi connectivity index (χ2v) is 5.73. The van der Waals surface area contributed by atoms with Gasteiger partial charge in [-0.25, -0.2) is 4.79 Å². The molecule has 100 valence electrons. The number of hydrogen-bond acceptors (Lipinski definition) is 3. The van der Waals surface area contributed by atoms with Crippen molar-refractivity contribution in [3.63, 3.8) is 0 Å². The predicted octanol–water partition coefficient (Wildman–Crippen LogP) is 2.84. The number of nitrogens with two attached hydrogens (primary N) is 1. The van der Waals surface area contributed by atoms with Crippen LogP contribution in [0.15, 0.2) is 18.2 Å². The van der Waals surface area contributed by atoms with Gasteiger partial charge in [0.25, 0.3) is 0 Å². The molecule has 1 atom stereocenters. The number of nitrogen functional groups attached to an aromatic ring is 1. The summed E-state index contributed by atoms with van der Waals surface area (Å²) in [7, 11) is 1.97. The first kappa shape index (κ1) is 14.4. The second kappa shape index (κ2) is 4.88. The van der Waals surface area contributed by atoms with Crippen molar-refractivity contribution >= 4 is 17.3 Å². The summed E-state index contributed by atoms with van der Waals surface area (Å²) in [6.07, 6.45) is 0. The fourth-order valence-electron chi connectivity index (χ4n) is 1.75. The molecule has 18 heavy (non-hydrogen) atoms. The van der Waals surface area contributed by atoms with E-state index in [9.17, 15) is 4.79 Å². The normalized spacial score (nSPS) is 13.2. The van der Waals surface area contributed by atoms with Crippen LogP contribution in [0.5, 0.6) is 0 Å². The average molecular weight is 250 g/mol. The lowest BCUT2D eigenvalue weighted by atomic mass is 9.87. The van der Waals surface area contributed by atoms with Crippen molar-refractivity contribution in [3.05, 3.63) is 23.8 Å².